The lowest BCUT2D eigenvalue weighted by atomic mass is 10.2. The molecule has 3 rings (SSSR count). The third-order valence-corrected chi connectivity index (χ3v) is 4.03. The van der Waals surface area contributed by atoms with Crippen LogP contribution in [0.4, 0.5) is 30.4 Å². The zero-order valence-corrected chi connectivity index (χ0v) is 16.4. The van der Waals surface area contributed by atoms with Gasteiger partial charge in [-0.05, 0) is 36.4 Å². The van der Waals surface area contributed by atoms with E-state index in [1.54, 1.807) is 24.3 Å². The Hall–Kier alpha value is -4.42. The highest BCUT2D eigenvalue weighted by Crippen LogP contribution is 2.27. The number of amidine groups is 1. The van der Waals surface area contributed by atoms with Crippen LogP contribution in [0.2, 0.25) is 0 Å². The number of benzene rings is 1. The van der Waals surface area contributed by atoms with E-state index in [1.165, 1.54) is 12.1 Å². The molecular formula is C19H18F3N9O. The van der Waals surface area contributed by atoms with Crippen LogP contribution in [0.15, 0.2) is 47.5 Å². The Morgan fingerprint density at radius 3 is 2.72 bits per heavy atom. The molecule has 0 aliphatic carbocycles. The number of nitrogens with one attached hydrogen (secondary N) is 4. The molecule has 0 spiro atoms. The van der Waals surface area contributed by atoms with Gasteiger partial charge in [0.1, 0.15) is 11.5 Å². The van der Waals surface area contributed by atoms with Crippen LogP contribution in [0.3, 0.4) is 0 Å². The fourth-order valence-corrected chi connectivity index (χ4v) is 2.51. The number of nitrogen functional groups attached to an aromatic ring is 1. The van der Waals surface area contributed by atoms with Crippen molar-refractivity contribution in [3.05, 3.63) is 65.1 Å². The molecule has 10 nitrogen and oxygen atoms in total. The summed E-state index contributed by atoms with van der Waals surface area (Å²) >= 11 is 0. The Balaban J connectivity index is 1.64. The summed E-state index contributed by atoms with van der Waals surface area (Å²) in [7, 11) is 0. The second-order valence-electron chi connectivity index (χ2n) is 6.38. The lowest BCUT2D eigenvalue weighted by Gasteiger charge is -2.08. The Morgan fingerprint density at radius 1 is 1.25 bits per heavy atom. The third-order valence-electron chi connectivity index (χ3n) is 4.03. The van der Waals surface area contributed by atoms with E-state index in [0.717, 1.165) is 12.3 Å². The Bertz CT molecular complexity index is 1170. The SMILES string of the molecule is N=Cc1cc(N=C(N)OC(=N)c2cccc(NCc3cc(C(F)(F)F)n[nH]3)n2)ccc1N. The molecule has 2 heterocycles. The van der Waals surface area contributed by atoms with Gasteiger partial charge >= 0.3 is 6.18 Å². The molecule has 0 aliphatic heterocycles. The summed E-state index contributed by atoms with van der Waals surface area (Å²) in [5, 5.41) is 23.7. The van der Waals surface area contributed by atoms with Gasteiger partial charge in [0.15, 0.2) is 5.69 Å². The molecule has 0 radical (unpaired) electrons. The minimum atomic E-state index is -4.53. The van der Waals surface area contributed by atoms with Crippen molar-refractivity contribution in [2.75, 3.05) is 11.1 Å². The van der Waals surface area contributed by atoms with Gasteiger partial charge in [-0.2, -0.15) is 23.3 Å². The number of aromatic amines is 1. The first-order valence-corrected chi connectivity index (χ1v) is 8.99. The van der Waals surface area contributed by atoms with Crippen molar-refractivity contribution in [3.8, 4) is 0 Å². The van der Waals surface area contributed by atoms with Crippen molar-refractivity contribution >= 4 is 35.3 Å². The van der Waals surface area contributed by atoms with E-state index in [1.807, 2.05) is 0 Å². The van der Waals surface area contributed by atoms with Crippen molar-refractivity contribution in [1.82, 2.24) is 15.2 Å². The molecule has 0 bridgehead atoms. The van der Waals surface area contributed by atoms with Crippen molar-refractivity contribution in [2.24, 2.45) is 10.7 Å². The number of pyridine rings is 1. The summed E-state index contributed by atoms with van der Waals surface area (Å²) in [6.07, 6.45) is -3.46. The van der Waals surface area contributed by atoms with Crippen molar-refractivity contribution in [3.63, 3.8) is 0 Å². The van der Waals surface area contributed by atoms with Gasteiger partial charge in [-0.25, -0.2) is 4.98 Å². The van der Waals surface area contributed by atoms with Gasteiger partial charge in [0.05, 0.1) is 17.9 Å². The number of halogens is 3. The van der Waals surface area contributed by atoms with Gasteiger partial charge in [-0.15, -0.1) is 0 Å². The van der Waals surface area contributed by atoms with Crippen LogP contribution in [0.1, 0.15) is 22.6 Å². The number of hydrogen-bond donors (Lipinski definition) is 6. The van der Waals surface area contributed by atoms with E-state index in [9.17, 15) is 13.2 Å². The molecule has 1 aromatic carbocycles. The Kier molecular flexibility index (Phi) is 6.37. The van der Waals surface area contributed by atoms with Crippen LogP contribution in [-0.2, 0) is 17.5 Å². The number of alkyl halides is 3. The van der Waals surface area contributed by atoms with Crippen LogP contribution < -0.4 is 16.8 Å². The summed E-state index contributed by atoms with van der Waals surface area (Å²) in [5.41, 5.74) is 12.0. The first kappa shape index (κ1) is 22.3. The van der Waals surface area contributed by atoms with Crippen LogP contribution in [0, 0.1) is 10.8 Å². The summed E-state index contributed by atoms with van der Waals surface area (Å²) in [6, 6.07) is 9.88. The third kappa shape index (κ3) is 5.59. The second-order valence-corrected chi connectivity index (χ2v) is 6.38. The van der Waals surface area contributed by atoms with Gasteiger partial charge in [0, 0.05) is 17.5 Å². The minimum absolute atomic E-state index is 0.00378. The van der Waals surface area contributed by atoms with Crippen molar-refractivity contribution in [2.45, 2.75) is 12.7 Å². The predicted molar refractivity (Wildman–Crippen MR) is 113 cm³/mol. The zero-order valence-electron chi connectivity index (χ0n) is 16.4. The molecule has 8 N–H and O–H groups in total. The summed E-state index contributed by atoms with van der Waals surface area (Å²) in [6.45, 7) is 0.00378. The highest BCUT2D eigenvalue weighted by Gasteiger charge is 2.33. The van der Waals surface area contributed by atoms with Crippen molar-refractivity contribution < 1.29 is 17.9 Å². The van der Waals surface area contributed by atoms with E-state index in [4.69, 9.17) is 27.0 Å². The number of anilines is 2. The van der Waals surface area contributed by atoms with E-state index < -0.39 is 17.8 Å². The Labute approximate surface area is 179 Å². The molecule has 32 heavy (non-hydrogen) atoms. The summed E-state index contributed by atoms with van der Waals surface area (Å²) in [5.74, 6) is -0.0952. The maximum Gasteiger partial charge on any atom is 0.435 e. The maximum atomic E-state index is 12.6. The number of aliphatic imine (C=N–C) groups is 1. The van der Waals surface area contributed by atoms with E-state index >= 15 is 0 Å². The molecule has 0 saturated carbocycles. The molecule has 0 amide bonds. The van der Waals surface area contributed by atoms with E-state index in [-0.39, 0.29) is 24.0 Å². The van der Waals surface area contributed by atoms with E-state index in [0.29, 0.717) is 22.8 Å². The molecule has 13 heteroatoms. The molecule has 166 valence electrons. The number of H-pyrrole nitrogens is 1. The quantitative estimate of drug-likeness (QED) is 0.193. The largest absolute Gasteiger partial charge is 0.435 e. The molecule has 0 saturated heterocycles. The predicted octanol–water partition coefficient (Wildman–Crippen LogP) is 3.00. The standard InChI is InChI=1S/C19H18F3N9O/c20-19(21,22)15-7-12(30-31-15)9-27-16-3-1-2-14(29-16)17(25)32-18(26)28-11-4-5-13(24)10(6-11)8-23/h1-8,23,25H,9,24H2,(H2,26,28)(H,27,29)(H,30,31). The normalized spacial score (nSPS) is 11.8. The highest BCUT2D eigenvalue weighted by atomic mass is 19.4. The molecular weight excluding hydrogens is 427 g/mol. The second kappa shape index (κ2) is 9.16. The van der Waals surface area contributed by atoms with Gasteiger partial charge < -0.3 is 26.9 Å². The van der Waals surface area contributed by atoms with Crippen LogP contribution in [0.5, 0.6) is 0 Å². The molecule has 0 aliphatic rings. The summed E-state index contributed by atoms with van der Waals surface area (Å²) < 4.78 is 43.0. The van der Waals surface area contributed by atoms with Crippen molar-refractivity contribution in [1.29, 1.82) is 10.8 Å². The smallest absolute Gasteiger partial charge is 0.405 e. The summed E-state index contributed by atoms with van der Waals surface area (Å²) in [4.78, 5) is 8.19. The average molecular weight is 445 g/mol. The number of hydrogen-bond acceptors (Lipinski definition) is 8. The lowest BCUT2D eigenvalue weighted by molar-refractivity contribution is -0.141. The van der Waals surface area contributed by atoms with Gasteiger partial charge in [0.2, 0.25) is 5.90 Å². The number of rotatable bonds is 6. The number of ether oxygens (including phenoxy) is 1. The monoisotopic (exact) mass is 445 g/mol. The minimum Gasteiger partial charge on any atom is -0.405 e. The van der Waals surface area contributed by atoms with Crippen LogP contribution >= 0.6 is 0 Å². The lowest BCUT2D eigenvalue weighted by Crippen LogP contribution is -2.21. The molecule has 0 fully saturated rings. The number of aromatic nitrogens is 3. The topological polar surface area (TPSA) is 175 Å². The maximum absolute atomic E-state index is 12.6. The molecule has 0 atom stereocenters. The average Bonchev–Trinajstić information content (AvgIpc) is 3.23. The van der Waals surface area contributed by atoms with Gasteiger partial charge in [0.25, 0.3) is 6.02 Å². The fraction of sp³-hybridized carbons (Fsp3) is 0.105. The zero-order chi connectivity index (χ0) is 23.3. The Morgan fingerprint density at radius 2 is 2.03 bits per heavy atom. The van der Waals surface area contributed by atoms with E-state index in [2.05, 4.69) is 25.5 Å². The van der Waals surface area contributed by atoms with Crippen LogP contribution in [0.25, 0.3) is 0 Å². The fourth-order valence-electron chi connectivity index (χ4n) is 2.51. The van der Waals surface area contributed by atoms with Gasteiger partial charge in [-0.1, -0.05) is 6.07 Å². The highest BCUT2D eigenvalue weighted by molar-refractivity contribution is 5.98. The first-order chi connectivity index (χ1) is 15.2. The molecule has 2 aromatic heterocycles. The first-order valence-electron chi connectivity index (χ1n) is 8.99. The van der Waals surface area contributed by atoms with Gasteiger partial charge in [-0.3, -0.25) is 10.5 Å². The molecule has 3 aromatic rings. The number of nitrogens with two attached hydrogens (primary N) is 2. The number of nitrogens with zero attached hydrogens (tertiary/aromatic N) is 3. The van der Waals surface area contributed by atoms with Crippen LogP contribution in [-0.4, -0.2) is 33.3 Å². The molecule has 0 unspecified atom stereocenters.